The van der Waals surface area contributed by atoms with Gasteiger partial charge in [0.1, 0.15) is 42.6 Å². The highest BCUT2D eigenvalue weighted by atomic mass is 31.2. The molecule has 4 aromatic rings. The number of imidazole rings is 2. The zero-order valence-corrected chi connectivity index (χ0v) is 25.0. The maximum atomic E-state index is 15.7. The number of nitrogen functional groups attached to an aromatic ring is 2. The highest BCUT2D eigenvalue weighted by Crippen LogP contribution is 2.51. The molecule has 0 bridgehead atoms. The number of anilines is 2. The van der Waals surface area contributed by atoms with E-state index in [1.54, 1.807) is 0 Å². The number of ether oxygens (including phenoxy) is 3. The van der Waals surface area contributed by atoms with Gasteiger partial charge in [-0.05, 0) is 0 Å². The van der Waals surface area contributed by atoms with Crippen LogP contribution >= 0.6 is 15.9 Å². The van der Waals surface area contributed by atoms with Gasteiger partial charge in [-0.15, -0.1) is 0 Å². The predicted octanol–water partition coefficient (Wildman–Crippen LogP) is -1.10. The molecule has 2 aliphatic rings. The summed E-state index contributed by atoms with van der Waals surface area (Å²) in [5, 5.41) is 9.62. The Labute approximate surface area is 254 Å². The van der Waals surface area contributed by atoms with E-state index in [2.05, 4.69) is 29.9 Å². The molecule has 10 atom stereocenters. The number of nitrogens with one attached hydrogen (secondary N) is 1. The van der Waals surface area contributed by atoms with Crippen LogP contribution in [0.4, 0.5) is 20.5 Å². The molecule has 2 fully saturated rings. The summed E-state index contributed by atoms with van der Waals surface area (Å²) >= 11 is 0. The van der Waals surface area contributed by atoms with E-state index in [1.807, 2.05) is 0 Å². The van der Waals surface area contributed by atoms with Gasteiger partial charge < -0.3 is 40.6 Å². The fraction of sp³-hybridized carbons (Fsp3) is 0.524. The first-order valence-corrected chi connectivity index (χ1v) is 16.3. The van der Waals surface area contributed by atoms with Crippen molar-refractivity contribution in [3.05, 3.63) is 29.3 Å². The fourth-order valence-electron chi connectivity index (χ4n) is 5.13. The van der Waals surface area contributed by atoms with Crippen LogP contribution in [0.15, 0.2) is 23.8 Å². The molecule has 6 heterocycles. The second-order valence-electron chi connectivity index (χ2n) is 10.1. The summed E-state index contributed by atoms with van der Waals surface area (Å²) in [6, 6.07) is 0. The smallest absolute Gasteiger partial charge is 0.394 e. The van der Waals surface area contributed by atoms with E-state index in [1.165, 1.54) is 0 Å². The van der Waals surface area contributed by atoms with E-state index in [9.17, 15) is 28.8 Å². The van der Waals surface area contributed by atoms with E-state index in [0.717, 1.165) is 28.1 Å². The van der Waals surface area contributed by atoms with Crippen LogP contribution in [0.3, 0.4) is 0 Å². The quantitative estimate of drug-likeness (QED) is 0.101. The summed E-state index contributed by atoms with van der Waals surface area (Å²) in [7, 11) is -8.50. The summed E-state index contributed by atoms with van der Waals surface area (Å²) in [5.74, 6) is -0.314. The van der Waals surface area contributed by atoms with Crippen LogP contribution < -0.4 is 17.0 Å². The Morgan fingerprint density at radius 3 is 2.43 bits per heavy atom. The molecule has 46 heavy (non-hydrogen) atoms. The number of phosphoric acid groups is 1. The summed E-state index contributed by atoms with van der Waals surface area (Å²) < 4.78 is 84.4. The van der Waals surface area contributed by atoms with Gasteiger partial charge in [0.25, 0.3) is 5.56 Å². The predicted molar refractivity (Wildman–Crippen MR) is 149 cm³/mol. The molecular weight excluding hydrogens is 668 g/mol. The summed E-state index contributed by atoms with van der Waals surface area (Å²) in [6.07, 6.45) is -11.4. The van der Waals surface area contributed by atoms with Gasteiger partial charge in [-0.1, -0.05) is 0 Å². The summed E-state index contributed by atoms with van der Waals surface area (Å²) in [4.78, 5) is 54.0. The first-order chi connectivity index (χ1) is 21.9. The highest BCUT2D eigenvalue weighted by Gasteiger charge is 2.52. The molecule has 25 heteroatoms. The number of alkyl halides is 2. The van der Waals surface area contributed by atoms with Crippen molar-refractivity contribution < 1.29 is 56.1 Å². The minimum absolute atomic E-state index is 0.000579. The molecule has 6 unspecified atom stereocenters. The molecular formula is C21H26F2N10O11P2. The van der Waals surface area contributed by atoms with Crippen molar-refractivity contribution in [1.29, 1.82) is 0 Å². The second-order valence-corrected chi connectivity index (χ2v) is 12.5. The standard InChI is InChI=1S/C21H26F2N10O11P2/c22-9-7(1-34)42-20(33-5-29-12-17(33)30-21(25)31-18(12)35)14(9)44-46(38,39)41-2-8-13(40-6-45(36)37)10(23)19(43-8)32-4-28-11-15(24)26-3-27-16(11)32/h3-5,7-10,13-14,19-20,34,45H,1-2,6H2,(H,36,37)(H,38,39)(H2,24,26,27)(H3,25,30,31,35)/t7-,8-,9?,10?,13?,14?,19-,20-/m1/s1. The normalized spacial score (nSPS) is 30.3. The van der Waals surface area contributed by atoms with E-state index in [4.69, 9.17) is 34.7 Å². The minimum Gasteiger partial charge on any atom is -0.394 e. The molecule has 0 radical (unpaired) electrons. The lowest BCUT2D eigenvalue weighted by atomic mass is 10.1. The average Bonchev–Trinajstić information content (AvgIpc) is 3.76. The number of aromatic amines is 1. The van der Waals surface area contributed by atoms with E-state index in [0.29, 0.717) is 0 Å². The van der Waals surface area contributed by atoms with Gasteiger partial charge in [0.2, 0.25) is 14.0 Å². The third kappa shape index (κ3) is 6.01. The topological polar surface area (TPSA) is 300 Å². The Bertz CT molecular complexity index is 1880. The zero-order valence-electron chi connectivity index (χ0n) is 23.1. The largest absolute Gasteiger partial charge is 0.472 e. The number of hydrogen-bond acceptors (Lipinski definition) is 16. The molecule has 0 aliphatic carbocycles. The van der Waals surface area contributed by atoms with Gasteiger partial charge in [-0.2, -0.15) is 4.98 Å². The monoisotopic (exact) mass is 694 g/mol. The number of aliphatic hydroxyl groups excluding tert-OH is 1. The number of rotatable bonds is 11. The van der Waals surface area contributed by atoms with E-state index < -0.39 is 90.2 Å². The molecule has 0 aromatic carbocycles. The Morgan fingerprint density at radius 2 is 1.72 bits per heavy atom. The van der Waals surface area contributed by atoms with Crippen molar-refractivity contribution in [3.8, 4) is 0 Å². The van der Waals surface area contributed by atoms with Gasteiger partial charge in [0.05, 0.1) is 25.9 Å². The highest BCUT2D eigenvalue weighted by molar-refractivity contribution is 7.47. The van der Waals surface area contributed by atoms with Gasteiger partial charge in [-0.3, -0.25) is 32.5 Å². The number of aromatic nitrogens is 8. The van der Waals surface area contributed by atoms with E-state index >= 15 is 8.78 Å². The van der Waals surface area contributed by atoms with Crippen molar-refractivity contribution in [3.63, 3.8) is 0 Å². The molecule has 0 saturated carbocycles. The van der Waals surface area contributed by atoms with E-state index in [-0.39, 0.29) is 34.1 Å². The molecule has 8 N–H and O–H groups in total. The average molecular weight is 694 g/mol. The van der Waals surface area contributed by atoms with Crippen LogP contribution in [-0.4, -0.2) is 110 Å². The molecule has 21 nitrogen and oxygen atoms in total. The Kier molecular flexibility index (Phi) is 8.89. The summed E-state index contributed by atoms with van der Waals surface area (Å²) in [6.45, 7) is -1.76. The van der Waals surface area contributed by atoms with Gasteiger partial charge in [0, 0.05) is 0 Å². The Morgan fingerprint density at radius 1 is 1.02 bits per heavy atom. The van der Waals surface area contributed by atoms with Crippen molar-refractivity contribution in [2.75, 3.05) is 31.0 Å². The number of nitrogens with zero attached hydrogens (tertiary/aromatic N) is 7. The van der Waals surface area contributed by atoms with Crippen molar-refractivity contribution >= 4 is 49.9 Å². The Hall–Kier alpha value is -3.50. The zero-order chi connectivity index (χ0) is 32.9. The molecule has 4 aromatic heterocycles. The Balaban J connectivity index is 1.22. The third-order valence-corrected chi connectivity index (χ3v) is 8.55. The van der Waals surface area contributed by atoms with Crippen molar-refractivity contribution in [2.45, 2.75) is 49.2 Å². The van der Waals surface area contributed by atoms with Crippen molar-refractivity contribution in [2.24, 2.45) is 0 Å². The number of H-pyrrole nitrogens is 1. The lowest BCUT2D eigenvalue weighted by Crippen LogP contribution is -2.35. The van der Waals surface area contributed by atoms with Crippen LogP contribution in [0.2, 0.25) is 0 Å². The molecule has 0 amide bonds. The SMILES string of the molecule is Nc1nc2c(ncn2[C@@H]2O[C@H](CO)C(F)C2OP(=O)(O)OC[C@H]2O[C@@H](n3cnc4c(N)ncnc43)C(F)C2OC[PH](=O)O)c(=O)[nH]1. The summed E-state index contributed by atoms with van der Waals surface area (Å²) in [5.41, 5.74) is 10.5. The minimum atomic E-state index is -5.26. The van der Waals surface area contributed by atoms with Crippen LogP contribution in [0.1, 0.15) is 12.5 Å². The lowest BCUT2D eigenvalue weighted by molar-refractivity contribution is -0.0645. The number of halogens is 2. The first kappa shape index (κ1) is 32.4. The number of fused-ring (bicyclic) bond motifs is 2. The number of aliphatic hydroxyl groups is 1. The third-order valence-electron chi connectivity index (χ3n) is 7.15. The van der Waals surface area contributed by atoms with Crippen LogP contribution in [-0.2, 0) is 32.4 Å². The van der Waals surface area contributed by atoms with Crippen LogP contribution in [0, 0.1) is 0 Å². The maximum Gasteiger partial charge on any atom is 0.472 e. The fourth-order valence-corrected chi connectivity index (χ4v) is 6.39. The van der Waals surface area contributed by atoms with Gasteiger partial charge >= 0.3 is 7.82 Å². The van der Waals surface area contributed by atoms with Crippen LogP contribution in [0.25, 0.3) is 22.3 Å². The van der Waals surface area contributed by atoms with Crippen molar-refractivity contribution in [1.82, 2.24) is 39.0 Å². The molecule has 6 rings (SSSR count). The first-order valence-electron chi connectivity index (χ1n) is 13.2. The maximum absolute atomic E-state index is 15.7. The number of phosphoric ester groups is 1. The molecule has 2 aliphatic heterocycles. The lowest BCUT2D eigenvalue weighted by Gasteiger charge is -2.24. The molecule has 2 saturated heterocycles. The number of hydrogen-bond donors (Lipinski definition) is 6. The molecule has 0 spiro atoms. The van der Waals surface area contributed by atoms with Gasteiger partial charge in [0.15, 0.2) is 47.4 Å². The molecule has 250 valence electrons. The number of nitrogens with two attached hydrogens (primary N) is 2. The van der Waals surface area contributed by atoms with Gasteiger partial charge in [-0.25, -0.2) is 33.3 Å². The van der Waals surface area contributed by atoms with Crippen LogP contribution in [0.5, 0.6) is 0 Å². The second kappa shape index (κ2) is 12.6.